The zero-order chi connectivity index (χ0) is 9.56. The summed E-state index contributed by atoms with van der Waals surface area (Å²) in [6, 6.07) is -0.691. The largest absolute Gasteiger partial charge is 0.480 e. The van der Waals surface area contributed by atoms with Crippen molar-refractivity contribution in [3.05, 3.63) is 0 Å². The molecular formula is C6H13NO3S2. The van der Waals surface area contributed by atoms with E-state index < -0.39 is 23.0 Å². The summed E-state index contributed by atoms with van der Waals surface area (Å²) in [6.45, 7) is 0. The SMILES string of the molecule is CSCCC(NS(C)=O)C(=O)O. The Bertz CT molecular complexity index is 174. The summed E-state index contributed by atoms with van der Waals surface area (Å²) < 4.78 is 13.1. The van der Waals surface area contributed by atoms with Gasteiger partial charge >= 0.3 is 5.97 Å². The Morgan fingerprint density at radius 3 is 2.67 bits per heavy atom. The highest BCUT2D eigenvalue weighted by atomic mass is 32.2. The van der Waals surface area contributed by atoms with Gasteiger partial charge in [0.1, 0.15) is 6.04 Å². The number of nitrogens with one attached hydrogen (secondary N) is 1. The predicted octanol–water partition coefficient (Wildman–Crippen LogP) is 0.0758. The van der Waals surface area contributed by atoms with Crippen LogP contribution in [0.2, 0.25) is 0 Å². The normalized spacial score (nSPS) is 15.5. The number of hydrogen-bond acceptors (Lipinski definition) is 3. The number of carboxylic acid groups (broad SMARTS) is 1. The molecule has 0 spiro atoms. The predicted molar refractivity (Wildman–Crippen MR) is 51.6 cm³/mol. The maximum Gasteiger partial charge on any atom is 0.321 e. The molecule has 0 aliphatic rings. The van der Waals surface area contributed by atoms with Gasteiger partial charge in [-0.15, -0.1) is 0 Å². The number of carbonyl (C=O) groups is 1. The van der Waals surface area contributed by atoms with Gasteiger partial charge in [-0.05, 0) is 18.4 Å². The Balaban J connectivity index is 3.87. The summed E-state index contributed by atoms with van der Waals surface area (Å²) >= 11 is 1.57. The van der Waals surface area contributed by atoms with Gasteiger partial charge in [0, 0.05) is 6.26 Å². The standard InChI is InChI=1S/C6H13NO3S2/c1-11-4-3-5(6(8)9)7-12(2)10/h5,7H,3-4H2,1-2H3,(H,8,9). The summed E-state index contributed by atoms with van der Waals surface area (Å²) in [5, 5.41) is 8.64. The van der Waals surface area contributed by atoms with E-state index >= 15 is 0 Å². The van der Waals surface area contributed by atoms with Gasteiger partial charge in [0.2, 0.25) is 0 Å². The second-order valence-corrected chi connectivity index (χ2v) is 4.37. The average molecular weight is 211 g/mol. The molecule has 2 atom stereocenters. The third kappa shape index (κ3) is 5.56. The first kappa shape index (κ1) is 11.9. The van der Waals surface area contributed by atoms with Crippen LogP contribution in [-0.4, -0.2) is 39.6 Å². The molecule has 12 heavy (non-hydrogen) atoms. The van der Waals surface area contributed by atoms with Crippen LogP contribution in [0.25, 0.3) is 0 Å². The average Bonchev–Trinajstić information content (AvgIpc) is 1.96. The van der Waals surface area contributed by atoms with E-state index in [1.165, 1.54) is 6.26 Å². The van der Waals surface area contributed by atoms with E-state index in [9.17, 15) is 9.00 Å². The molecule has 0 aromatic heterocycles. The molecule has 0 aromatic rings. The lowest BCUT2D eigenvalue weighted by Crippen LogP contribution is -2.37. The number of aliphatic carboxylic acids is 1. The van der Waals surface area contributed by atoms with Crippen molar-refractivity contribution in [3.63, 3.8) is 0 Å². The first-order valence-corrected chi connectivity index (χ1v) is 6.34. The van der Waals surface area contributed by atoms with E-state index in [0.29, 0.717) is 6.42 Å². The van der Waals surface area contributed by atoms with E-state index in [4.69, 9.17) is 5.11 Å². The highest BCUT2D eigenvalue weighted by molar-refractivity contribution is 7.98. The summed E-state index contributed by atoms with van der Waals surface area (Å²) in [4.78, 5) is 10.5. The molecule has 0 aliphatic heterocycles. The molecule has 0 fully saturated rings. The monoisotopic (exact) mass is 211 g/mol. The molecule has 0 saturated heterocycles. The van der Waals surface area contributed by atoms with Gasteiger partial charge in [-0.2, -0.15) is 11.8 Å². The third-order valence-corrected chi connectivity index (χ3v) is 2.48. The van der Waals surface area contributed by atoms with Crippen LogP contribution in [0.15, 0.2) is 0 Å². The van der Waals surface area contributed by atoms with Crippen molar-refractivity contribution in [3.8, 4) is 0 Å². The fourth-order valence-corrected chi connectivity index (χ4v) is 1.76. The van der Waals surface area contributed by atoms with Crippen LogP contribution in [-0.2, 0) is 15.8 Å². The van der Waals surface area contributed by atoms with Crippen molar-refractivity contribution < 1.29 is 14.1 Å². The second kappa shape index (κ2) is 6.45. The lowest BCUT2D eigenvalue weighted by molar-refractivity contribution is -0.138. The molecule has 0 amide bonds. The van der Waals surface area contributed by atoms with Gasteiger partial charge in [0.25, 0.3) is 0 Å². The topological polar surface area (TPSA) is 66.4 Å². The third-order valence-electron chi connectivity index (χ3n) is 1.22. The zero-order valence-corrected chi connectivity index (χ0v) is 8.70. The molecule has 2 N–H and O–H groups in total. The number of thioether (sulfide) groups is 1. The number of hydrogen-bond donors (Lipinski definition) is 2. The molecule has 72 valence electrons. The summed E-state index contributed by atoms with van der Waals surface area (Å²) in [7, 11) is -1.26. The minimum absolute atomic E-state index is 0.496. The fraction of sp³-hybridized carbons (Fsp3) is 0.833. The Kier molecular flexibility index (Phi) is 6.41. The van der Waals surface area contributed by atoms with Crippen molar-refractivity contribution >= 4 is 28.7 Å². The molecule has 0 saturated carbocycles. The lowest BCUT2D eigenvalue weighted by Gasteiger charge is -2.10. The van der Waals surface area contributed by atoms with E-state index in [1.54, 1.807) is 11.8 Å². The molecule has 0 aliphatic carbocycles. The first-order chi connectivity index (χ1) is 5.57. The molecule has 0 rings (SSSR count). The highest BCUT2D eigenvalue weighted by Gasteiger charge is 2.16. The van der Waals surface area contributed by atoms with Crippen LogP contribution >= 0.6 is 11.8 Å². The Labute approximate surface area is 78.7 Å². The summed E-state index contributed by atoms with van der Waals surface area (Å²) in [6.07, 6.45) is 3.83. The molecule has 2 unspecified atom stereocenters. The van der Waals surface area contributed by atoms with Crippen LogP contribution in [0.5, 0.6) is 0 Å². The Hall–Kier alpha value is -0.0700. The summed E-state index contributed by atoms with van der Waals surface area (Å²) in [5.41, 5.74) is 0. The van der Waals surface area contributed by atoms with Crippen molar-refractivity contribution in [2.75, 3.05) is 18.3 Å². The van der Waals surface area contributed by atoms with Crippen LogP contribution in [0.4, 0.5) is 0 Å². The summed E-state index contributed by atoms with van der Waals surface area (Å²) in [5.74, 6) is -0.194. The van der Waals surface area contributed by atoms with Crippen LogP contribution in [0.1, 0.15) is 6.42 Å². The maximum atomic E-state index is 10.7. The molecular weight excluding hydrogens is 198 g/mol. The molecule has 4 nitrogen and oxygen atoms in total. The van der Waals surface area contributed by atoms with Gasteiger partial charge < -0.3 is 5.11 Å². The Morgan fingerprint density at radius 1 is 1.75 bits per heavy atom. The highest BCUT2D eigenvalue weighted by Crippen LogP contribution is 2.00. The molecule has 0 radical (unpaired) electrons. The van der Waals surface area contributed by atoms with Gasteiger partial charge in [-0.3, -0.25) is 4.79 Å². The van der Waals surface area contributed by atoms with Crippen molar-refractivity contribution in [2.45, 2.75) is 12.5 Å². The zero-order valence-electron chi connectivity index (χ0n) is 7.07. The van der Waals surface area contributed by atoms with E-state index in [2.05, 4.69) is 4.72 Å². The molecule has 0 bridgehead atoms. The number of rotatable bonds is 6. The minimum atomic E-state index is -1.26. The van der Waals surface area contributed by atoms with Gasteiger partial charge in [0.05, 0.1) is 11.0 Å². The Morgan fingerprint density at radius 2 is 2.33 bits per heavy atom. The van der Waals surface area contributed by atoms with E-state index in [1.807, 2.05) is 6.26 Å². The van der Waals surface area contributed by atoms with Crippen LogP contribution in [0, 0.1) is 0 Å². The van der Waals surface area contributed by atoms with Crippen molar-refractivity contribution in [1.82, 2.24) is 4.72 Å². The minimum Gasteiger partial charge on any atom is -0.480 e. The van der Waals surface area contributed by atoms with E-state index in [-0.39, 0.29) is 0 Å². The van der Waals surface area contributed by atoms with Crippen molar-refractivity contribution in [1.29, 1.82) is 0 Å². The quantitative estimate of drug-likeness (QED) is 0.653. The van der Waals surface area contributed by atoms with Gasteiger partial charge in [-0.1, -0.05) is 0 Å². The maximum absolute atomic E-state index is 10.7. The lowest BCUT2D eigenvalue weighted by atomic mass is 10.2. The first-order valence-electron chi connectivity index (χ1n) is 3.39. The molecule has 0 heterocycles. The molecule has 6 heteroatoms. The van der Waals surface area contributed by atoms with E-state index in [0.717, 1.165) is 5.75 Å². The van der Waals surface area contributed by atoms with Crippen molar-refractivity contribution in [2.24, 2.45) is 0 Å². The fourth-order valence-electron chi connectivity index (χ4n) is 0.669. The smallest absolute Gasteiger partial charge is 0.321 e. The van der Waals surface area contributed by atoms with Crippen LogP contribution < -0.4 is 4.72 Å². The van der Waals surface area contributed by atoms with Gasteiger partial charge in [0.15, 0.2) is 0 Å². The number of carboxylic acids is 1. The van der Waals surface area contributed by atoms with Crippen LogP contribution in [0.3, 0.4) is 0 Å². The molecule has 0 aromatic carbocycles. The van der Waals surface area contributed by atoms with Gasteiger partial charge in [-0.25, -0.2) is 8.93 Å². The second-order valence-electron chi connectivity index (χ2n) is 2.24.